The van der Waals surface area contributed by atoms with Gasteiger partial charge >= 0.3 is 0 Å². The van der Waals surface area contributed by atoms with E-state index >= 15 is 0 Å². The molecule has 1 fully saturated rings. The fraction of sp³-hybridized carbons (Fsp3) is 0.318. The van der Waals surface area contributed by atoms with Crippen molar-refractivity contribution in [2.45, 2.75) is 44.7 Å². The highest BCUT2D eigenvalue weighted by Crippen LogP contribution is 2.39. The average molecular weight is 348 g/mol. The number of hydrogen-bond acceptors (Lipinski definition) is 2. The summed E-state index contributed by atoms with van der Waals surface area (Å²) < 4.78 is 14.2. The monoisotopic (exact) mass is 348 g/mol. The summed E-state index contributed by atoms with van der Waals surface area (Å²) in [7, 11) is 0. The zero-order valence-electron chi connectivity index (χ0n) is 14.6. The van der Waals surface area contributed by atoms with Crippen molar-refractivity contribution in [3.05, 3.63) is 69.3 Å². The van der Waals surface area contributed by atoms with Crippen LogP contribution < -0.4 is 10.9 Å². The molecule has 0 atom stereocenters. The summed E-state index contributed by atoms with van der Waals surface area (Å²) >= 11 is 0. The lowest BCUT2D eigenvalue weighted by molar-refractivity contribution is 0.523. The third-order valence-corrected chi connectivity index (χ3v) is 5.94. The van der Waals surface area contributed by atoms with Crippen LogP contribution in [0.5, 0.6) is 0 Å². The lowest BCUT2D eigenvalue weighted by Gasteiger charge is -2.14. The molecule has 0 saturated heterocycles. The maximum absolute atomic E-state index is 14.2. The first-order chi connectivity index (χ1) is 12.7. The first-order valence-electron chi connectivity index (χ1n) is 9.40. The highest BCUT2D eigenvalue weighted by Gasteiger charge is 2.25. The van der Waals surface area contributed by atoms with Crippen LogP contribution >= 0.6 is 0 Å². The minimum atomic E-state index is -0.453. The van der Waals surface area contributed by atoms with E-state index in [0.29, 0.717) is 6.04 Å². The van der Waals surface area contributed by atoms with Gasteiger partial charge in [-0.2, -0.15) is 0 Å². The van der Waals surface area contributed by atoms with Crippen LogP contribution in [-0.4, -0.2) is 11.0 Å². The van der Waals surface area contributed by atoms with Gasteiger partial charge in [-0.05, 0) is 41.0 Å². The van der Waals surface area contributed by atoms with E-state index in [1.165, 1.54) is 42.9 Å². The molecule has 1 heterocycles. The number of hydrogen-bond donors (Lipinski definition) is 2. The normalized spacial score (nSPS) is 16.2. The molecule has 3 aromatic rings. The molecule has 3 nitrogen and oxygen atoms in total. The maximum Gasteiger partial charge on any atom is 0.259 e. The Morgan fingerprint density at radius 1 is 1.08 bits per heavy atom. The number of H-pyrrole nitrogens is 1. The summed E-state index contributed by atoms with van der Waals surface area (Å²) in [5.74, 6) is -0.453. The minimum absolute atomic E-state index is 0.171. The van der Waals surface area contributed by atoms with Gasteiger partial charge in [-0.25, -0.2) is 4.39 Å². The average Bonchev–Trinajstić information content (AvgIpc) is 3.28. The minimum Gasteiger partial charge on any atom is -0.321 e. The van der Waals surface area contributed by atoms with Crippen LogP contribution in [0, 0.1) is 5.82 Å². The quantitative estimate of drug-likeness (QED) is 0.581. The number of rotatable bonds is 3. The van der Waals surface area contributed by atoms with Crippen LogP contribution in [0.15, 0.2) is 41.2 Å². The molecule has 4 heteroatoms. The summed E-state index contributed by atoms with van der Waals surface area (Å²) in [6.07, 6.45) is 5.88. The molecule has 2 aliphatic carbocycles. The summed E-state index contributed by atoms with van der Waals surface area (Å²) in [4.78, 5) is 15.4. The van der Waals surface area contributed by atoms with Crippen molar-refractivity contribution in [2.75, 3.05) is 0 Å². The third kappa shape index (κ3) is 2.40. The van der Waals surface area contributed by atoms with Crippen molar-refractivity contribution >= 4 is 10.8 Å². The zero-order chi connectivity index (χ0) is 17.7. The molecule has 0 unspecified atom stereocenters. The molecule has 26 heavy (non-hydrogen) atoms. The molecule has 2 aliphatic rings. The standard InChI is InChI=1S/C22H21FN2O/c23-19-10-4-8-15-18-11-17-13(12-24-14-6-1-2-7-14)5-3-9-16(17)21(18)25-22(26)20(15)19/h3-5,8-10,14,24H,1-2,6-7,11-12H2,(H,25,26). The van der Waals surface area contributed by atoms with E-state index in [0.717, 1.165) is 35.2 Å². The summed E-state index contributed by atoms with van der Waals surface area (Å²) in [6.45, 7) is 0.846. The molecule has 132 valence electrons. The van der Waals surface area contributed by atoms with E-state index in [1.807, 2.05) is 12.1 Å². The van der Waals surface area contributed by atoms with Gasteiger partial charge < -0.3 is 10.3 Å². The number of benzene rings is 2. The molecule has 0 aliphatic heterocycles. The second-order valence-corrected chi connectivity index (χ2v) is 7.45. The number of fused-ring (bicyclic) bond motifs is 5. The Kier molecular flexibility index (Phi) is 3.68. The highest BCUT2D eigenvalue weighted by atomic mass is 19.1. The van der Waals surface area contributed by atoms with Crippen molar-refractivity contribution < 1.29 is 4.39 Å². The molecular weight excluding hydrogens is 327 g/mol. The van der Waals surface area contributed by atoms with E-state index in [4.69, 9.17) is 0 Å². The maximum atomic E-state index is 14.2. The Balaban J connectivity index is 1.58. The molecule has 0 radical (unpaired) electrons. The summed E-state index contributed by atoms with van der Waals surface area (Å²) in [5, 5.41) is 4.58. The van der Waals surface area contributed by atoms with Crippen LogP contribution in [0.3, 0.4) is 0 Å². The van der Waals surface area contributed by atoms with Gasteiger partial charge in [0.05, 0.1) is 11.1 Å². The van der Waals surface area contributed by atoms with Crippen molar-refractivity contribution in [1.82, 2.24) is 10.3 Å². The van der Waals surface area contributed by atoms with Crippen molar-refractivity contribution in [1.29, 1.82) is 0 Å². The van der Waals surface area contributed by atoms with Crippen LogP contribution in [0.25, 0.3) is 22.0 Å². The van der Waals surface area contributed by atoms with Crippen LogP contribution in [0.1, 0.15) is 42.4 Å². The predicted molar refractivity (Wildman–Crippen MR) is 102 cm³/mol. The number of halogens is 1. The van der Waals surface area contributed by atoms with Crippen LogP contribution in [-0.2, 0) is 13.0 Å². The highest BCUT2D eigenvalue weighted by molar-refractivity contribution is 5.93. The molecule has 0 spiro atoms. The molecule has 2 N–H and O–H groups in total. The smallest absolute Gasteiger partial charge is 0.259 e. The summed E-state index contributed by atoms with van der Waals surface area (Å²) in [6, 6.07) is 11.8. The topological polar surface area (TPSA) is 44.9 Å². The van der Waals surface area contributed by atoms with Gasteiger partial charge in [-0.1, -0.05) is 43.2 Å². The fourth-order valence-corrected chi connectivity index (χ4v) is 4.61. The third-order valence-electron chi connectivity index (χ3n) is 5.94. The van der Waals surface area contributed by atoms with Crippen molar-refractivity contribution in [3.63, 3.8) is 0 Å². The molecule has 1 saturated carbocycles. The Hall–Kier alpha value is -2.46. The molecule has 0 amide bonds. The number of pyridine rings is 1. The lowest BCUT2D eigenvalue weighted by atomic mass is 10.0. The Bertz CT molecular complexity index is 1060. The fourth-order valence-electron chi connectivity index (χ4n) is 4.61. The van der Waals surface area contributed by atoms with Crippen LogP contribution in [0.4, 0.5) is 4.39 Å². The van der Waals surface area contributed by atoms with Gasteiger partial charge in [0.15, 0.2) is 0 Å². The van der Waals surface area contributed by atoms with E-state index < -0.39 is 5.82 Å². The van der Waals surface area contributed by atoms with Crippen LogP contribution in [0.2, 0.25) is 0 Å². The van der Waals surface area contributed by atoms with Gasteiger partial charge in [0.25, 0.3) is 5.56 Å². The van der Waals surface area contributed by atoms with E-state index in [-0.39, 0.29) is 10.9 Å². The largest absolute Gasteiger partial charge is 0.321 e. The predicted octanol–water partition coefficient (Wildman–Crippen LogP) is 4.27. The van der Waals surface area contributed by atoms with Gasteiger partial charge in [0.1, 0.15) is 5.82 Å². The Morgan fingerprint density at radius 2 is 1.88 bits per heavy atom. The summed E-state index contributed by atoms with van der Waals surface area (Å²) in [5.41, 5.74) is 5.14. The first-order valence-corrected chi connectivity index (χ1v) is 9.40. The van der Waals surface area contributed by atoms with E-state index in [9.17, 15) is 9.18 Å². The zero-order valence-corrected chi connectivity index (χ0v) is 14.6. The molecule has 5 rings (SSSR count). The Labute approximate surface area is 151 Å². The van der Waals surface area contributed by atoms with Crippen molar-refractivity contribution in [2.24, 2.45) is 0 Å². The van der Waals surface area contributed by atoms with Gasteiger partial charge in [0.2, 0.25) is 0 Å². The first kappa shape index (κ1) is 15.8. The SMILES string of the molecule is O=c1[nH]c2c(c3cccc(F)c13)Cc1c(CNC3CCCC3)cccc1-2. The number of aromatic nitrogens is 1. The van der Waals surface area contributed by atoms with Gasteiger partial charge in [0, 0.05) is 24.6 Å². The van der Waals surface area contributed by atoms with Gasteiger partial charge in [-0.3, -0.25) is 4.79 Å². The molecule has 1 aromatic heterocycles. The number of nitrogens with one attached hydrogen (secondary N) is 2. The molecular formula is C22H21FN2O. The second-order valence-electron chi connectivity index (χ2n) is 7.45. The van der Waals surface area contributed by atoms with Gasteiger partial charge in [-0.15, -0.1) is 0 Å². The lowest BCUT2D eigenvalue weighted by Crippen LogP contribution is -2.25. The van der Waals surface area contributed by atoms with E-state index in [2.05, 4.69) is 22.4 Å². The molecule has 2 aromatic carbocycles. The number of aromatic amines is 1. The van der Waals surface area contributed by atoms with E-state index in [1.54, 1.807) is 6.07 Å². The Morgan fingerprint density at radius 3 is 2.73 bits per heavy atom. The second kappa shape index (κ2) is 6.06. The van der Waals surface area contributed by atoms with Crippen molar-refractivity contribution in [3.8, 4) is 11.3 Å². The molecule has 0 bridgehead atoms.